The van der Waals surface area contributed by atoms with Gasteiger partial charge in [0.15, 0.2) is 0 Å². The smallest absolute Gasteiger partial charge is 0.225 e. The van der Waals surface area contributed by atoms with E-state index in [9.17, 15) is 4.79 Å². The van der Waals surface area contributed by atoms with Crippen LogP contribution in [0, 0.1) is 17.3 Å². The molecule has 3 heteroatoms. The molecule has 0 saturated heterocycles. The average molecular weight is 226 g/mol. The maximum Gasteiger partial charge on any atom is 0.225 e. The van der Waals surface area contributed by atoms with Gasteiger partial charge in [0.2, 0.25) is 5.91 Å². The maximum atomic E-state index is 12.3. The summed E-state index contributed by atoms with van der Waals surface area (Å²) in [4.78, 5) is 14.2. The lowest BCUT2D eigenvalue weighted by Gasteiger charge is -2.30. The van der Waals surface area contributed by atoms with E-state index in [0.717, 1.165) is 25.8 Å². The highest BCUT2D eigenvalue weighted by Gasteiger charge is 2.34. The number of amides is 1. The summed E-state index contributed by atoms with van der Waals surface area (Å²) >= 11 is 0. The van der Waals surface area contributed by atoms with Gasteiger partial charge in [-0.3, -0.25) is 4.79 Å². The lowest BCUT2D eigenvalue weighted by molar-refractivity contribution is -0.136. The van der Waals surface area contributed by atoms with Gasteiger partial charge in [0.25, 0.3) is 0 Å². The molecule has 1 fully saturated rings. The third kappa shape index (κ3) is 3.48. The van der Waals surface area contributed by atoms with E-state index in [4.69, 9.17) is 5.73 Å². The van der Waals surface area contributed by atoms with Crippen LogP contribution in [0.15, 0.2) is 0 Å². The molecule has 3 nitrogen and oxygen atoms in total. The highest BCUT2D eigenvalue weighted by atomic mass is 16.2. The Labute approximate surface area is 99.4 Å². The second kappa shape index (κ2) is 5.17. The first-order valence-electron chi connectivity index (χ1n) is 6.30. The predicted octanol–water partition coefficient (Wildman–Crippen LogP) is 1.87. The molecule has 1 saturated carbocycles. The van der Waals surface area contributed by atoms with Crippen molar-refractivity contribution in [3.05, 3.63) is 0 Å². The molecule has 94 valence electrons. The quantitative estimate of drug-likeness (QED) is 0.798. The van der Waals surface area contributed by atoms with Gasteiger partial charge in [0.1, 0.15) is 0 Å². The number of rotatable bonds is 3. The van der Waals surface area contributed by atoms with Gasteiger partial charge in [0.05, 0.1) is 0 Å². The van der Waals surface area contributed by atoms with Gasteiger partial charge in [-0.1, -0.05) is 27.2 Å². The third-order valence-electron chi connectivity index (χ3n) is 3.37. The van der Waals surface area contributed by atoms with Gasteiger partial charge in [-0.05, 0) is 30.7 Å². The zero-order chi connectivity index (χ0) is 12.3. The summed E-state index contributed by atoms with van der Waals surface area (Å²) < 4.78 is 0. The van der Waals surface area contributed by atoms with E-state index >= 15 is 0 Å². The molecule has 0 aromatic heterocycles. The molecule has 2 N–H and O–H groups in total. The molecule has 1 amide bonds. The second-order valence-electron chi connectivity index (χ2n) is 6.29. The van der Waals surface area contributed by atoms with Crippen LogP contribution in [0.1, 0.15) is 40.0 Å². The lowest BCUT2D eigenvalue weighted by atomic mass is 9.92. The fourth-order valence-corrected chi connectivity index (χ4v) is 2.72. The Bertz CT molecular complexity index is 245. The van der Waals surface area contributed by atoms with Crippen LogP contribution in [0.3, 0.4) is 0 Å². The van der Waals surface area contributed by atoms with E-state index in [2.05, 4.69) is 20.8 Å². The second-order valence-corrected chi connectivity index (χ2v) is 6.29. The van der Waals surface area contributed by atoms with Crippen molar-refractivity contribution in [2.24, 2.45) is 23.0 Å². The van der Waals surface area contributed by atoms with E-state index in [1.807, 2.05) is 11.9 Å². The van der Waals surface area contributed by atoms with Crippen LogP contribution in [-0.2, 0) is 4.79 Å². The Hall–Kier alpha value is -0.570. The summed E-state index contributed by atoms with van der Waals surface area (Å²) in [5, 5.41) is 0. The van der Waals surface area contributed by atoms with Crippen molar-refractivity contribution in [1.82, 2.24) is 4.90 Å². The van der Waals surface area contributed by atoms with E-state index in [1.165, 1.54) is 0 Å². The van der Waals surface area contributed by atoms with Gasteiger partial charge < -0.3 is 10.6 Å². The molecular formula is C13H26N2O. The van der Waals surface area contributed by atoms with Gasteiger partial charge in [-0.15, -0.1) is 0 Å². The van der Waals surface area contributed by atoms with E-state index < -0.39 is 0 Å². The van der Waals surface area contributed by atoms with Crippen molar-refractivity contribution in [3.8, 4) is 0 Å². The fourth-order valence-electron chi connectivity index (χ4n) is 2.72. The van der Waals surface area contributed by atoms with Crippen LogP contribution < -0.4 is 5.73 Å². The van der Waals surface area contributed by atoms with Gasteiger partial charge in [-0.2, -0.15) is 0 Å². The van der Waals surface area contributed by atoms with E-state index in [0.29, 0.717) is 18.4 Å². The molecule has 1 rings (SSSR count). The van der Waals surface area contributed by atoms with Crippen molar-refractivity contribution in [3.63, 3.8) is 0 Å². The molecule has 2 atom stereocenters. The van der Waals surface area contributed by atoms with Crippen molar-refractivity contribution in [2.75, 3.05) is 20.1 Å². The van der Waals surface area contributed by atoms with Crippen LogP contribution in [0.5, 0.6) is 0 Å². The minimum Gasteiger partial charge on any atom is -0.345 e. The molecule has 16 heavy (non-hydrogen) atoms. The molecule has 0 unspecified atom stereocenters. The number of hydrogen-bond donors (Lipinski definition) is 1. The van der Waals surface area contributed by atoms with Crippen LogP contribution in [0.25, 0.3) is 0 Å². The summed E-state index contributed by atoms with van der Waals surface area (Å²) in [5.41, 5.74) is 5.89. The standard InChI is InChI=1S/C13H26N2O/c1-13(2,3)9-15(4)12(16)11-7-5-6-10(11)8-14/h10-11H,5-9,14H2,1-4H3/t10-,11-/m1/s1. The highest BCUT2D eigenvalue weighted by Crippen LogP contribution is 2.32. The first-order valence-corrected chi connectivity index (χ1v) is 6.30. The van der Waals surface area contributed by atoms with Gasteiger partial charge >= 0.3 is 0 Å². The summed E-state index contributed by atoms with van der Waals surface area (Å²) in [6.45, 7) is 7.95. The minimum absolute atomic E-state index is 0.168. The molecule has 0 aromatic rings. The minimum atomic E-state index is 0.168. The Morgan fingerprint density at radius 1 is 1.38 bits per heavy atom. The first-order chi connectivity index (χ1) is 7.35. The van der Waals surface area contributed by atoms with Gasteiger partial charge in [-0.25, -0.2) is 0 Å². The Morgan fingerprint density at radius 3 is 2.50 bits per heavy atom. The molecule has 0 spiro atoms. The zero-order valence-electron chi connectivity index (χ0n) is 11.1. The van der Waals surface area contributed by atoms with Crippen LogP contribution in [0.2, 0.25) is 0 Å². The Balaban J connectivity index is 2.56. The monoisotopic (exact) mass is 226 g/mol. The summed E-state index contributed by atoms with van der Waals surface area (Å²) in [6, 6.07) is 0. The molecule has 0 bridgehead atoms. The first kappa shape index (κ1) is 13.5. The molecule has 0 aliphatic heterocycles. The van der Waals surface area contributed by atoms with E-state index in [1.54, 1.807) is 0 Å². The van der Waals surface area contributed by atoms with Gasteiger partial charge in [0, 0.05) is 19.5 Å². The molecule has 0 aromatic carbocycles. The van der Waals surface area contributed by atoms with Crippen LogP contribution in [-0.4, -0.2) is 30.9 Å². The van der Waals surface area contributed by atoms with E-state index in [-0.39, 0.29) is 11.3 Å². The number of carbonyl (C=O) groups is 1. The molecule has 0 radical (unpaired) electrons. The Morgan fingerprint density at radius 2 is 2.00 bits per heavy atom. The number of hydrogen-bond acceptors (Lipinski definition) is 2. The van der Waals surface area contributed by atoms with Crippen molar-refractivity contribution >= 4 is 5.91 Å². The summed E-state index contributed by atoms with van der Waals surface area (Å²) in [5.74, 6) is 0.884. The van der Waals surface area contributed by atoms with Crippen LogP contribution >= 0.6 is 0 Å². The molecular weight excluding hydrogens is 200 g/mol. The molecule has 1 aliphatic carbocycles. The van der Waals surface area contributed by atoms with Crippen molar-refractivity contribution < 1.29 is 4.79 Å². The largest absolute Gasteiger partial charge is 0.345 e. The summed E-state index contributed by atoms with van der Waals surface area (Å²) in [6.07, 6.45) is 3.30. The number of carbonyl (C=O) groups excluding carboxylic acids is 1. The average Bonchev–Trinajstić information content (AvgIpc) is 2.61. The Kier molecular flexibility index (Phi) is 4.36. The van der Waals surface area contributed by atoms with Crippen LogP contribution in [0.4, 0.5) is 0 Å². The van der Waals surface area contributed by atoms with Crippen molar-refractivity contribution in [2.45, 2.75) is 40.0 Å². The zero-order valence-corrected chi connectivity index (χ0v) is 11.1. The lowest BCUT2D eigenvalue weighted by Crippen LogP contribution is -2.40. The summed E-state index contributed by atoms with van der Waals surface area (Å²) in [7, 11) is 1.92. The van der Waals surface area contributed by atoms with Crippen molar-refractivity contribution in [1.29, 1.82) is 0 Å². The topological polar surface area (TPSA) is 46.3 Å². The number of nitrogens with two attached hydrogens (primary N) is 1. The molecule has 1 aliphatic rings. The third-order valence-corrected chi connectivity index (χ3v) is 3.37. The molecule has 0 heterocycles. The number of nitrogens with zero attached hydrogens (tertiary/aromatic N) is 1. The maximum absolute atomic E-state index is 12.3. The normalized spacial score (nSPS) is 25.8. The SMILES string of the molecule is CN(CC(C)(C)C)C(=O)[C@@H]1CCC[C@@H]1CN. The fraction of sp³-hybridized carbons (Fsp3) is 0.923. The predicted molar refractivity (Wildman–Crippen MR) is 67.0 cm³/mol. The highest BCUT2D eigenvalue weighted by molar-refractivity contribution is 5.79.